The zero-order chi connectivity index (χ0) is 27.2. The lowest BCUT2D eigenvalue weighted by Gasteiger charge is -2.23. The number of fused-ring (bicyclic) bond motifs is 1. The average Bonchev–Trinajstić information content (AvgIpc) is 3.07. The van der Waals surface area contributed by atoms with Crippen molar-refractivity contribution in [3.05, 3.63) is 87.5 Å². The predicted molar refractivity (Wildman–Crippen MR) is 141 cm³/mol. The van der Waals surface area contributed by atoms with Gasteiger partial charge >= 0.3 is 0 Å². The van der Waals surface area contributed by atoms with Crippen LogP contribution in [0.3, 0.4) is 0 Å². The van der Waals surface area contributed by atoms with E-state index in [1.807, 2.05) is 25.1 Å². The number of benzene rings is 3. The fourth-order valence-electron chi connectivity index (χ4n) is 4.27. The normalized spacial score (nSPS) is 14.7. The van der Waals surface area contributed by atoms with E-state index in [0.29, 0.717) is 54.4 Å². The summed E-state index contributed by atoms with van der Waals surface area (Å²) in [6.07, 6.45) is 0.514. The van der Waals surface area contributed by atoms with Crippen LogP contribution in [-0.4, -0.2) is 48.5 Å². The van der Waals surface area contributed by atoms with Gasteiger partial charge in [-0.05, 0) is 60.9 Å². The monoisotopic (exact) mass is 519 g/mol. The van der Waals surface area contributed by atoms with E-state index in [9.17, 15) is 19.7 Å². The maximum atomic E-state index is 13.3. The summed E-state index contributed by atoms with van der Waals surface area (Å²) in [6.45, 7) is 2.69. The van der Waals surface area contributed by atoms with Crippen molar-refractivity contribution in [2.24, 2.45) is 0 Å². The van der Waals surface area contributed by atoms with Gasteiger partial charge in [-0.1, -0.05) is 13.0 Å². The van der Waals surface area contributed by atoms with Crippen LogP contribution >= 0.6 is 0 Å². The lowest BCUT2D eigenvalue weighted by molar-refractivity contribution is -0.384. The fourth-order valence-corrected chi connectivity index (χ4v) is 4.27. The molecule has 0 saturated carbocycles. The van der Waals surface area contributed by atoms with Gasteiger partial charge in [0.1, 0.15) is 5.75 Å². The SMILES string of the molecule is CC[C@@H]1Oc2ccc(NC(=O)c3ccc([N+](=O)[O-])cc3)cc2CN(CCc2ccc(OC)c(OC)c2)C1=O. The molecule has 3 aromatic rings. The van der Waals surface area contributed by atoms with Crippen molar-refractivity contribution in [2.75, 3.05) is 26.1 Å². The summed E-state index contributed by atoms with van der Waals surface area (Å²) in [6, 6.07) is 16.3. The Bertz CT molecular complexity index is 1340. The summed E-state index contributed by atoms with van der Waals surface area (Å²) in [5, 5.41) is 13.7. The largest absolute Gasteiger partial charge is 0.493 e. The molecular formula is C28H29N3O7. The van der Waals surface area contributed by atoms with Crippen LogP contribution in [0.5, 0.6) is 17.2 Å². The van der Waals surface area contributed by atoms with Crippen molar-refractivity contribution in [1.29, 1.82) is 0 Å². The van der Waals surface area contributed by atoms with Crippen molar-refractivity contribution in [3.63, 3.8) is 0 Å². The van der Waals surface area contributed by atoms with Crippen LogP contribution in [-0.2, 0) is 17.8 Å². The van der Waals surface area contributed by atoms with E-state index < -0.39 is 16.9 Å². The van der Waals surface area contributed by atoms with Crippen molar-refractivity contribution in [1.82, 2.24) is 4.90 Å². The topological polar surface area (TPSA) is 120 Å². The van der Waals surface area contributed by atoms with Gasteiger partial charge in [0.25, 0.3) is 17.5 Å². The number of anilines is 1. The maximum Gasteiger partial charge on any atom is 0.269 e. The van der Waals surface area contributed by atoms with Gasteiger partial charge < -0.3 is 24.4 Å². The number of nitrogens with zero attached hydrogens (tertiary/aromatic N) is 2. The molecule has 198 valence electrons. The van der Waals surface area contributed by atoms with E-state index in [1.165, 1.54) is 24.3 Å². The van der Waals surface area contributed by atoms with Crippen molar-refractivity contribution >= 4 is 23.2 Å². The third kappa shape index (κ3) is 5.86. The molecule has 1 aliphatic heterocycles. The van der Waals surface area contributed by atoms with Crippen LogP contribution in [0.15, 0.2) is 60.7 Å². The number of non-ortho nitro benzene ring substituents is 1. The molecule has 3 aromatic carbocycles. The molecule has 0 saturated heterocycles. The van der Waals surface area contributed by atoms with Gasteiger partial charge in [0.2, 0.25) is 0 Å². The third-order valence-corrected chi connectivity index (χ3v) is 6.37. The van der Waals surface area contributed by atoms with E-state index in [2.05, 4.69) is 5.32 Å². The van der Waals surface area contributed by atoms with Gasteiger partial charge in [-0.2, -0.15) is 0 Å². The molecule has 1 atom stereocenters. The lowest BCUT2D eigenvalue weighted by atomic mass is 10.1. The Labute approximate surface area is 220 Å². The average molecular weight is 520 g/mol. The van der Waals surface area contributed by atoms with Crippen molar-refractivity contribution < 1.29 is 28.7 Å². The van der Waals surface area contributed by atoms with Crippen LogP contribution in [0, 0.1) is 10.1 Å². The number of carbonyl (C=O) groups excluding carboxylic acids is 2. The first kappa shape index (κ1) is 26.5. The number of hydrogen-bond acceptors (Lipinski definition) is 7. The molecule has 0 unspecified atom stereocenters. The smallest absolute Gasteiger partial charge is 0.269 e. The highest BCUT2D eigenvalue weighted by Gasteiger charge is 2.30. The Balaban J connectivity index is 1.51. The van der Waals surface area contributed by atoms with E-state index >= 15 is 0 Å². The molecule has 0 spiro atoms. The molecule has 0 aliphatic carbocycles. The molecule has 0 fully saturated rings. The molecule has 0 radical (unpaired) electrons. The molecule has 38 heavy (non-hydrogen) atoms. The zero-order valence-electron chi connectivity index (χ0n) is 21.4. The summed E-state index contributed by atoms with van der Waals surface area (Å²) in [5.41, 5.74) is 2.49. The first-order chi connectivity index (χ1) is 18.3. The maximum absolute atomic E-state index is 13.3. The Hall–Kier alpha value is -4.60. The van der Waals surface area contributed by atoms with E-state index in [1.54, 1.807) is 37.3 Å². The lowest BCUT2D eigenvalue weighted by Crippen LogP contribution is -2.40. The highest BCUT2D eigenvalue weighted by atomic mass is 16.6. The molecule has 10 heteroatoms. The Kier molecular flexibility index (Phi) is 8.10. The second-order valence-electron chi connectivity index (χ2n) is 8.79. The molecule has 1 N–H and O–H groups in total. The first-order valence-corrected chi connectivity index (χ1v) is 12.2. The van der Waals surface area contributed by atoms with Crippen LogP contribution in [0.25, 0.3) is 0 Å². The number of nitro benzene ring substituents is 1. The van der Waals surface area contributed by atoms with E-state index in [0.717, 1.165) is 11.1 Å². The van der Waals surface area contributed by atoms with Gasteiger partial charge in [-0.25, -0.2) is 0 Å². The van der Waals surface area contributed by atoms with E-state index in [-0.39, 0.29) is 11.6 Å². The minimum Gasteiger partial charge on any atom is -0.493 e. The first-order valence-electron chi connectivity index (χ1n) is 12.2. The Morgan fingerprint density at radius 3 is 2.47 bits per heavy atom. The molecule has 2 amide bonds. The summed E-state index contributed by atoms with van der Waals surface area (Å²) in [4.78, 5) is 38.1. The summed E-state index contributed by atoms with van der Waals surface area (Å²) in [5.74, 6) is 1.36. The quantitative estimate of drug-likeness (QED) is 0.324. The van der Waals surface area contributed by atoms with Crippen LogP contribution < -0.4 is 19.5 Å². The number of amides is 2. The van der Waals surface area contributed by atoms with Crippen molar-refractivity contribution in [3.8, 4) is 17.2 Å². The third-order valence-electron chi connectivity index (χ3n) is 6.37. The number of nitro groups is 1. The molecule has 1 aliphatic rings. The minimum atomic E-state index is -0.609. The highest BCUT2D eigenvalue weighted by molar-refractivity contribution is 6.04. The predicted octanol–water partition coefficient (Wildman–Crippen LogP) is 4.61. The number of carbonyl (C=O) groups is 2. The summed E-state index contributed by atoms with van der Waals surface area (Å²) >= 11 is 0. The fraction of sp³-hybridized carbons (Fsp3) is 0.286. The van der Waals surface area contributed by atoms with Gasteiger partial charge in [-0.15, -0.1) is 0 Å². The van der Waals surface area contributed by atoms with Gasteiger partial charge in [-0.3, -0.25) is 19.7 Å². The summed E-state index contributed by atoms with van der Waals surface area (Å²) < 4.78 is 16.7. The van der Waals surface area contributed by atoms with Crippen LogP contribution in [0.2, 0.25) is 0 Å². The standard InChI is InChI=1S/C28H29N3O7/c1-4-23-28(33)30(14-13-18-5-11-25(36-2)26(15-18)37-3)17-20-16-21(8-12-24(20)38-23)29-27(32)19-6-9-22(10-7-19)31(34)35/h5-12,15-16,23H,4,13-14,17H2,1-3H3,(H,29,32)/t23-/m0/s1. The van der Waals surface area contributed by atoms with Crippen LogP contribution in [0.1, 0.15) is 34.8 Å². The zero-order valence-corrected chi connectivity index (χ0v) is 21.4. The molecule has 0 bridgehead atoms. The number of rotatable bonds is 9. The highest BCUT2D eigenvalue weighted by Crippen LogP contribution is 2.31. The number of hydrogen-bond donors (Lipinski definition) is 1. The number of ether oxygens (including phenoxy) is 3. The molecular weight excluding hydrogens is 490 g/mol. The second-order valence-corrected chi connectivity index (χ2v) is 8.79. The second kappa shape index (κ2) is 11.6. The molecule has 0 aromatic heterocycles. The molecule has 4 rings (SSSR count). The molecule has 10 nitrogen and oxygen atoms in total. The van der Waals surface area contributed by atoms with Gasteiger partial charge in [0, 0.05) is 42.0 Å². The number of methoxy groups -OCH3 is 2. The van der Waals surface area contributed by atoms with Crippen molar-refractivity contribution in [2.45, 2.75) is 32.4 Å². The summed E-state index contributed by atoms with van der Waals surface area (Å²) in [7, 11) is 3.16. The van der Waals surface area contributed by atoms with E-state index in [4.69, 9.17) is 14.2 Å². The Morgan fingerprint density at radius 1 is 1.08 bits per heavy atom. The Morgan fingerprint density at radius 2 is 1.82 bits per heavy atom. The van der Waals surface area contributed by atoms with Gasteiger partial charge in [0.05, 0.1) is 19.1 Å². The van der Waals surface area contributed by atoms with Crippen LogP contribution in [0.4, 0.5) is 11.4 Å². The minimum absolute atomic E-state index is 0.0907. The van der Waals surface area contributed by atoms with Gasteiger partial charge in [0.15, 0.2) is 17.6 Å². The number of nitrogens with one attached hydrogen (secondary N) is 1. The molecule has 1 heterocycles.